The second-order valence-corrected chi connectivity index (χ2v) is 9.32. The summed E-state index contributed by atoms with van der Waals surface area (Å²) in [6, 6.07) is 4.19. The minimum Gasteiger partial charge on any atom is -0.466 e. The molecule has 8 nitrogen and oxygen atoms in total. The summed E-state index contributed by atoms with van der Waals surface area (Å²) in [6.07, 6.45) is 1.02. The van der Waals surface area contributed by atoms with Crippen LogP contribution in [0.3, 0.4) is 0 Å². The van der Waals surface area contributed by atoms with Crippen molar-refractivity contribution in [2.45, 2.75) is 24.7 Å². The SMILES string of the molecule is CCOC(=O)C1CCN(C(=O)c2cc(S(=O)(=O)N3CCOCC3)ccc2Cl)CC1. The molecule has 0 N–H and O–H groups in total. The van der Waals surface area contributed by atoms with Gasteiger partial charge in [0.15, 0.2) is 0 Å². The Labute approximate surface area is 175 Å². The van der Waals surface area contributed by atoms with Crippen LogP contribution < -0.4 is 0 Å². The van der Waals surface area contributed by atoms with Crippen LogP contribution in [0.5, 0.6) is 0 Å². The molecule has 2 saturated heterocycles. The van der Waals surface area contributed by atoms with E-state index >= 15 is 0 Å². The number of carbonyl (C=O) groups is 2. The van der Waals surface area contributed by atoms with Crippen molar-refractivity contribution in [3.63, 3.8) is 0 Å². The first kappa shape index (κ1) is 22.0. The van der Waals surface area contributed by atoms with Crippen LogP contribution in [0.25, 0.3) is 0 Å². The molecule has 0 aliphatic carbocycles. The van der Waals surface area contributed by atoms with Gasteiger partial charge in [-0.05, 0) is 38.0 Å². The van der Waals surface area contributed by atoms with Crippen molar-refractivity contribution in [2.75, 3.05) is 46.0 Å². The summed E-state index contributed by atoms with van der Waals surface area (Å²) in [5.74, 6) is -0.796. The van der Waals surface area contributed by atoms with Crippen molar-refractivity contribution in [3.8, 4) is 0 Å². The van der Waals surface area contributed by atoms with Gasteiger partial charge in [0.25, 0.3) is 5.91 Å². The number of rotatable bonds is 5. The van der Waals surface area contributed by atoms with Gasteiger partial charge in [-0.3, -0.25) is 9.59 Å². The van der Waals surface area contributed by atoms with E-state index in [1.807, 2.05) is 0 Å². The Kier molecular flexibility index (Phi) is 7.15. The summed E-state index contributed by atoms with van der Waals surface area (Å²) in [5.41, 5.74) is 0.149. The maximum Gasteiger partial charge on any atom is 0.309 e. The largest absolute Gasteiger partial charge is 0.466 e. The van der Waals surface area contributed by atoms with E-state index in [1.54, 1.807) is 11.8 Å². The molecule has 2 fully saturated rings. The zero-order valence-electron chi connectivity index (χ0n) is 16.3. The third kappa shape index (κ3) is 4.91. The summed E-state index contributed by atoms with van der Waals surface area (Å²) in [7, 11) is -3.73. The van der Waals surface area contributed by atoms with Crippen LogP contribution in [0.4, 0.5) is 0 Å². The van der Waals surface area contributed by atoms with Crippen molar-refractivity contribution >= 4 is 33.5 Å². The molecule has 29 heavy (non-hydrogen) atoms. The van der Waals surface area contributed by atoms with Crippen molar-refractivity contribution in [1.29, 1.82) is 0 Å². The second kappa shape index (κ2) is 9.42. The number of esters is 1. The number of piperidine rings is 1. The van der Waals surface area contributed by atoms with Gasteiger partial charge in [-0.2, -0.15) is 4.31 Å². The molecule has 2 heterocycles. The van der Waals surface area contributed by atoms with E-state index in [1.165, 1.54) is 22.5 Å². The fourth-order valence-electron chi connectivity index (χ4n) is 3.51. The normalized spacial score (nSPS) is 19.2. The van der Waals surface area contributed by atoms with E-state index in [2.05, 4.69) is 0 Å². The summed E-state index contributed by atoms with van der Waals surface area (Å²) in [5, 5.41) is 0.198. The van der Waals surface area contributed by atoms with Crippen LogP contribution in [-0.2, 0) is 24.3 Å². The summed E-state index contributed by atoms with van der Waals surface area (Å²) < 4.78 is 37.4. The van der Waals surface area contributed by atoms with Gasteiger partial charge in [0.05, 0.1) is 41.2 Å². The number of halogens is 1. The Bertz CT molecular complexity index is 861. The third-order valence-electron chi connectivity index (χ3n) is 5.18. The fraction of sp³-hybridized carbons (Fsp3) is 0.579. The lowest BCUT2D eigenvalue weighted by molar-refractivity contribution is -0.149. The molecule has 0 radical (unpaired) electrons. The maximum atomic E-state index is 13.0. The Morgan fingerprint density at radius 3 is 2.45 bits per heavy atom. The van der Waals surface area contributed by atoms with E-state index in [4.69, 9.17) is 21.1 Å². The van der Waals surface area contributed by atoms with Crippen molar-refractivity contribution in [3.05, 3.63) is 28.8 Å². The molecular weight excluding hydrogens is 420 g/mol. The van der Waals surface area contributed by atoms with E-state index in [-0.39, 0.29) is 46.4 Å². The number of nitrogens with zero attached hydrogens (tertiary/aromatic N) is 2. The Morgan fingerprint density at radius 1 is 1.17 bits per heavy atom. The van der Waals surface area contributed by atoms with Crippen LogP contribution in [0, 0.1) is 5.92 Å². The molecule has 0 atom stereocenters. The highest BCUT2D eigenvalue weighted by Gasteiger charge is 2.31. The Morgan fingerprint density at radius 2 is 1.83 bits per heavy atom. The fourth-order valence-corrected chi connectivity index (χ4v) is 5.15. The third-order valence-corrected chi connectivity index (χ3v) is 7.40. The number of carbonyl (C=O) groups excluding carboxylic acids is 2. The lowest BCUT2D eigenvalue weighted by atomic mass is 9.96. The van der Waals surface area contributed by atoms with Gasteiger partial charge in [0, 0.05) is 26.2 Å². The first-order valence-corrected chi connectivity index (χ1v) is 11.5. The summed E-state index contributed by atoms with van der Waals surface area (Å²) in [4.78, 5) is 26.5. The lowest BCUT2D eigenvalue weighted by Crippen LogP contribution is -2.41. The molecule has 1 amide bonds. The number of hydrogen-bond donors (Lipinski definition) is 0. The smallest absolute Gasteiger partial charge is 0.309 e. The molecule has 2 aliphatic rings. The first-order valence-electron chi connectivity index (χ1n) is 9.68. The van der Waals surface area contributed by atoms with Crippen LogP contribution >= 0.6 is 11.6 Å². The van der Waals surface area contributed by atoms with Crippen molar-refractivity contribution in [1.82, 2.24) is 9.21 Å². The zero-order chi connectivity index (χ0) is 21.0. The molecule has 0 aromatic heterocycles. The van der Waals surface area contributed by atoms with Gasteiger partial charge in [0.2, 0.25) is 10.0 Å². The number of ether oxygens (including phenoxy) is 2. The van der Waals surface area contributed by atoms with Crippen molar-refractivity contribution < 1.29 is 27.5 Å². The van der Waals surface area contributed by atoms with Crippen LogP contribution in [0.15, 0.2) is 23.1 Å². The molecule has 2 aliphatic heterocycles. The highest BCUT2D eigenvalue weighted by Crippen LogP contribution is 2.27. The van der Waals surface area contributed by atoms with Crippen molar-refractivity contribution in [2.24, 2.45) is 5.92 Å². The number of morpholine rings is 1. The average molecular weight is 445 g/mol. The van der Waals surface area contributed by atoms with Crippen LogP contribution in [-0.4, -0.2) is 75.5 Å². The minimum atomic E-state index is -3.73. The molecule has 0 unspecified atom stereocenters. The standard InChI is InChI=1S/C19H25ClN2O6S/c1-2-28-19(24)14-5-7-21(8-6-14)18(23)16-13-15(3-4-17(16)20)29(25,26)22-9-11-27-12-10-22/h3-4,13-14H,2,5-12H2,1H3. The topological polar surface area (TPSA) is 93.2 Å². The van der Waals surface area contributed by atoms with E-state index in [9.17, 15) is 18.0 Å². The second-order valence-electron chi connectivity index (χ2n) is 6.98. The zero-order valence-corrected chi connectivity index (χ0v) is 17.9. The van der Waals surface area contributed by atoms with Crippen LogP contribution in [0.1, 0.15) is 30.1 Å². The predicted molar refractivity (Wildman–Crippen MR) is 106 cm³/mol. The van der Waals surface area contributed by atoms with E-state index < -0.39 is 10.0 Å². The van der Waals surface area contributed by atoms with Gasteiger partial charge < -0.3 is 14.4 Å². The summed E-state index contributed by atoms with van der Waals surface area (Å²) in [6.45, 7) is 4.10. The monoisotopic (exact) mass is 444 g/mol. The molecular formula is C19H25ClN2O6S. The summed E-state index contributed by atoms with van der Waals surface area (Å²) >= 11 is 6.22. The number of amides is 1. The lowest BCUT2D eigenvalue weighted by Gasteiger charge is -2.31. The predicted octanol–water partition coefficient (Wildman–Crippen LogP) is 1.78. The van der Waals surface area contributed by atoms with E-state index in [0.29, 0.717) is 45.8 Å². The molecule has 0 bridgehead atoms. The van der Waals surface area contributed by atoms with Gasteiger partial charge in [-0.25, -0.2) is 8.42 Å². The number of benzene rings is 1. The minimum absolute atomic E-state index is 0.0357. The molecule has 3 rings (SSSR count). The highest BCUT2D eigenvalue weighted by molar-refractivity contribution is 7.89. The van der Waals surface area contributed by atoms with Gasteiger partial charge in [-0.1, -0.05) is 11.6 Å². The van der Waals surface area contributed by atoms with E-state index in [0.717, 1.165) is 0 Å². The Balaban J connectivity index is 1.75. The molecule has 1 aromatic carbocycles. The molecule has 160 valence electrons. The van der Waals surface area contributed by atoms with Crippen LogP contribution in [0.2, 0.25) is 5.02 Å². The Hall–Kier alpha value is -1.68. The van der Waals surface area contributed by atoms with Gasteiger partial charge >= 0.3 is 5.97 Å². The quantitative estimate of drug-likeness (QED) is 0.642. The molecule has 10 heteroatoms. The average Bonchev–Trinajstić information content (AvgIpc) is 2.74. The number of likely N-dealkylation sites (tertiary alicyclic amines) is 1. The van der Waals surface area contributed by atoms with Gasteiger partial charge in [0.1, 0.15) is 0 Å². The maximum absolute atomic E-state index is 13.0. The molecule has 0 saturated carbocycles. The number of hydrogen-bond acceptors (Lipinski definition) is 6. The highest BCUT2D eigenvalue weighted by atomic mass is 35.5. The van der Waals surface area contributed by atoms with Gasteiger partial charge in [-0.15, -0.1) is 0 Å². The first-order chi connectivity index (χ1) is 13.8. The molecule has 0 spiro atoms. The number of sulfonamides is 1. The molecule has 1 aromatic rings.